The lowest BCUT2D eigenvalue weighted by Gasteiger charge is -2.12. The minimum atomic E-state index is -4.72. The van der Waals surface area contributed by atoms with E-state index in [-0.39, 0.29) is 22.0 Å². The molecular formula is C12H10N2O6S. The van der Waals surface area contributed by atoms with Gasteiger partial charge in [0.25, 0.3) is 10.1 Å². The quantitative estimate of drug-likeness (QED) is 0.473. The molecule has 0 aliphatic carbocycles. The van der Waals surface area contributed by atoms with Crippen LogP contribution in [0.1, 0.15) is 20.7 Å². The zero-order valence-corrected chi connectivity index (χ0v) is 11.2. The van der Waals surface area contributed by atoms with Crippen LogP contribution in [0.15, 0.2) is 29.2 Å². The lowest BCUT2D eigenvalue weighted by atomic mass is 9.97. The molecule has 2 aromatic rings. The molecule has 0 aliphatic heterocycles. The third-order valence-electron chi connectivity index (χ3n) is 2.94. The molecule has 9 heteroatoms. The third kappa shape index (κ3) is 2.39. The molecule has 0 fully saturated rings. The van der Waals surface area contributed by atoms with E-state index in [4.69, 9.17) is 16.0 Å². The molecule has 6 N–H and O–H groups in total. The number of benzene rings is 2. The minimum absolute atomic E-state index is 0.00109. The number of carbonyl (C=O) groups is 2. The number of amides is 1. The van der Waals surface area contributed by atoms with Gasteiger partial charge in [0.05, 0.1) is 11.3 Å². The fourth-order valence-corrected chi connectivity index (χ4v) is 2.72. The Hall–Kier alpha value is -2.65. The molecule has 0 heterocycles. The van der Waals surface area contributed by atoms with Crippen LogP contribution in [-0.2, 0) is 10.1 Å². The van der Waals surface area contributed by atoms with Crippen molar-refractivity contribution < 1.29 is 27.7 Å². The Morgan fingerprint density at radius 2 is 1.76 bits per heavy atom. The first-order valence-corrected chi connectivity index (χ1v) is 6.94. The average molecular weight is 310 g/mol. The highest BCUT2D eigenvalue weighted by molar-refractivity contribution is 7.86. The Morgan fingerprint density at radius 1 is 1.14 bits per heavy atom. The number of rotatable bonds is 3. The largest absolute Gasteiger partial charge is 0.478 e. The first kappa shape index (κ1) is 14.8. The molecular weight excluding hydrogens is 300 g/mol. The van der Waals surface area contributed by atoms with E-state index < -0.39 is 32.5 Å². The second kappa shape index (κ2) is 4.72. The summed E-state index contributed by atoms with van der Waals surface area (Å²) in [6.07, 6.45) is 0. The summed E-state index contributed by atoms with van der Waals surface area (Å²) in [5.74, 6) is -2.37. The summed E-state index contributed by atoms with van der Waals surface area (Å²) in [5, 5.41) is 9.12. The van der Waals surface area contributed by atoms with Gasteiger partial charge in [-0.2, -0.15) is 8.42 Å². The van der Waals surface area contributed by atoms with Crippen LogP contribution in [0.3, 0.4) is 0 Å². The number of carbonyl (C=O) groups excluding carboxylic acids is 1. The smallest absolute Gasteiger partial charge is 0.336 e. The highest BCUT2D eigenvalue weighted by Crippen LogP contribution is 2.33. The van der Waals surface area contributed by atoms with Gasteiger partial charge in [-0.1, -0.05) is 12.1 Å². The predicted molar refractivity (Wildman–Crippen MR) is 73.7 cm³/mol. The van der Waals surface area contributed by atoms with Crippen molar-refractivity contribution in [2.45, 2.75) is 4.90 Å². The first-order valence-electron chi connectivity index (χ1n) is 5.50. The van der Waals surface area contributed by atoms with E-state index >= 15 is 0 Å². The van der Waals surface area contributed by atoms with Gasteiger partial charge in [-0.15, -0.1) is 0 Å². The van der Waals surface area contributed by atoms with Gasteiger partial charge >= 0.3 is 5.97 Å². The van der Waals surface area contributed by atoms with E-state index in [0.717, 1.165) is 0 Å². The van der Waals surface area contributed by atoms with Crippen molar-refractivity contribution in [3.8, 4) is 0 Å². The standard InChI is InChI=1S/C12H10N2O6S/c13-10-5-2-1-3-6(11(14)15)9(5)7(12(16)17)4-8(10)21(18,19)20/h1-4H,13H2,(H2,14,15)(H,16,17)(H,18,19,20). The van der Waals surface area contributed by atoms with Gasteiger partial charge < -0.3 is 16.6 Å². The van der Waals surface area contributed by atoms with Gasteiger partial charge in [0.2, 0.25) is 5.91 Å². The molecule has 0 saturated carbocycles. The van der Waals surface area contributed by atoms with Crippen molar-refractivity contribution in [1.82, 2.24) is 0 Å². The van der Waals surface area contributed by atoms with Gasteiger partial charge in [-0.25, -0.2) is 4.79 Å². The number of nitrogen functional groups attached to an aromatic ring is 1. The summed E-state index contributed by atoms with van der Waals surface area (Å²) in [6.45, 7) is 0. The van der Waals surface area contributed by atoms with Crippen LogP contribution >= 0.6 is 0 Å². The number of carboxylic acid groups (broad SMARTS) is 1. The molecule has 0 bridgehead atoms. The lowest BCUT2D eigenvalue weighted by molar-refractivity contribution is 0.0699. The summed E-state index contributed by atoms with van der Waals surface area (Å²) in [5.41, 5.74) is 9.87. The van der Waals surface area contributed by atoms with E-state index in [2.05, 4.69) is 0 Å². The maximum absolute atomic E-state index is 11.4. The van der Waals surface area contributed by atoms with E-state index in [1.165, 1.54) is 18.2 Å². The number of anilines is 1. The normalized spacial score (nSPS) is 11.5. The summed E-state index contributed by atoms with van der Waals surface area (Å²) in [7, 11) is -4.72. The van der Waals surface area contributed by atoms with Crippen LogP contribution in [0.4, 0.5) is 5.69 Å². The average Bonchev–Trinajstić information content (AvgIpc) is 2.36. The number of nitrogens with two attached hydrogens (primary N) is 2. The fraction of sp³-hybridized carbons (Fsp3) is 0. The number of hydrogen-bond acceptors (Lipinski definition) is 5. The highest BCUT2D eigenvalue weighted by Gasteiger charge is 2.24. The predicted octanol–water partition coefficient (Wildman–Crippen LogP) is 0.466. The monoisotopic (exact) mass is 310 g/mol. The Labute approximate surface area is 118 Å². The van der Waals surface area contributed by atoms with Crippen molar-refractivity contribution in [2.24, 2.45) is 5.73 Å². The molecule has 1 amide bonds. The molecule has 0 spiro atoms. The second-order valence-electron chi connectivity index (χ2n) is 4.21. The van der Waals surface area contributed by atoms with Crippen LogP contribution in [0.5, 0.6) is 0 Å². The maximum atomic E-state index is 11.4. The zero-order chi connectivity index (χ0) is 15.9. The number of primary amides is 1. The molecule has 0 aliphatic rings. The summed E-state index contributed by atoms with van der Waals surface area (Å²) in [4.78, 5) is 22.0. The SMILES string of the molecule is NC(=O)c1cccc2c(N)c(S(=O)(=O)O)cc(C(=O)O)c12. The molecule has 2 aromatic carbocycles. The Balaban J connectivity index is 3.12. The van der Waals surface area contributed by atoms with Crippen molar-refractivity contribution in [2.75, 3.05) is 5.73 Å². The molecule has 110 valence electrons. The number of hydrogen-bond donors (Lipinski definition) is 4. The fourth-order valence-electron chi connectivity index (χ4n) is 2.07. The van der Waals surface area contributed by atoms with Crippen molar-refractivity contribution in [3.63, 3.8) is 0 Å². The van der Waals surface area contributed by atoms with E-state index in [9.17, 15) is 23.1 Å². The van der Waals surface area contributed by atoms with Gasteiger partial charge in [0, 0.05) is 16.3 Å². The number of aromatic carboxylic acids is 1. The van der Waals surface area contributed by atoms with Crippen LogP contribution in [-0.4, -0.2) is 30.0 Å². The maximum Gasteiger partial charge on any atom is 0.336 e. The summed E-state index contributed by atoms with van der Waals surface area (Å²) >= 11 is 0. The van der Waals surface area contributed by atoms with Gasteiger partial charge in [0.1, 0.15) is 4.90 Å². The molecule has 0 atom stereocenters. The molecule has 2 rings (SSSR count). The molecule has 8 nitrogen and oxygen atoms in total. The van der Waals surface area contributed by atoms with Gasteiger partial charge in [-0.05, 0) is 12.1 Å². The van der Waals surface area contributed by atoms with Crippen LogP contribution in [0.25, 0.3) is 10.8 Å². The van der Waals surface area contributed by atoms with E-state index in [0.29, 0.717) is 6.07 Å². The second-order valence-corrected chi connectivity index (χ2v) is 5.60. The minimum Gasteiger partial charge on any atom is -0.478 e. The molecule has 21 heavy (non-hydrogen) atoms. The van der Waals surface area contributed by atoms with E-state index in [1.54, 1.807) is 0 Å². The van der Waals surface area contributed by atoms with Crippen molar-refractivity contribution in [1.29, 1.82) is 0 Å². The molecule has 0 aromatic heterocycles. The van der Waals surface area contributed by atoms with Crippen molar-refractivity contribution in [3.05, 3.63) is 35.4 Å². The van der Waals surface area contributed by atoms with Gasteiger partial charge in [0.15, 0.2) is 0 Å². The molecule has 0 saturated heterocycles. The molecule has 0 unspecified atom stereocenters. The summed E-state index contributed by atoms with van der Waals surface area (Å²) < 4.78 is 31.7. The number of carboxylic acids is 1. The summed E-state index contributed by atoms with van der Waals surface area (Å²) in [6, 6.07) is 4.70. The van der Waals surface area contributed by atoms with Crippen LogP contribution < -0.4 is 11.5 Å². The third-order valence-corrected chi connectivity index (χ3v) is 3.83. The first-order chi connectivity index (χ1) is 9.64. The van der Waals surface area contributed by atoms with E-state index in [1.807, 2.05) is 0 Å². The Morgan fingerprint density at radius 3 is 2.24 bits per heavy atom. The zero-order valence-electron chi connectivity index (χ0n) is 10.4. The number of fused-ring (bicyclic) bond motifs is 1. The Kier molecular flexibility index (Phi) is 3.32. The highest BCUT2D eigenvalue weighted by atomic mass is 32.2. The van der Waals surface area contributed by atoms with Crippen LogP contribution in [0.2, 0.25) is 0 Å². The lowest BCUT2D eigenvalue weighted by Crippen LogP contribution is -2.15. The Bertz CT molecular complexity index is 888. The van der Waals surface area contributed by atoms with Crippen LogP contribution in [0, 0.1) is 0 Å². The molecule has 0 radical (unpaired) electrons. The topological polar surface area (TPSA) is 161 Å². The van der Waals surface area contributed by atoms with Crippen molar-refractivity contribution >= 4 is 38.5 Å². The van der Waals surface area contributed by atoms with Gasteiger partial charge in [-0.3, -0.25) is 9.35 Å².